The molecule has 17 heavy (non-hydrogen) atoms. The number of hydrogen-bond acceptors (Lipinski definition) is 3. The van der Waals surface area contributed by atoms with Gasteiger partial charge in [0.15, 0.2) is 0 Å². The van der Waals surface area contributed by atoms with E-state index in [0.29, 0.717) is 0 Å². The SMILES string of the molecule is CCNC(c1csc(C)c1)c1ccc(Br)cn1. The summed E-state index contributed by atoms with van der Waals surface area (Å²) in [7, 11) is 0. The fourth-order valence-corrected chi connectivity index (χ4v) is 2.74. The highest BCUT2D eigenvalue weighted by molar-refractivity contribution is 9.10. The van der Waals surface area contributed by atoms with Crippen molar-refractivity contribution >= 4 is 27.3 Å². The van der Waals surface area contributed by atoms with Gasteiger partial charge in [-0.1, -0.05) is 6.92 Å². The van der Waals surface area contributed by atoms with Crippen LogP contribution in [0, 0.1) is 6.92 Å². The highest BCUT2D eigenvalue weighted by atomic mass is 79.9. The van der Waals surface area contributed by atoms with Crippen LogP contribution in [-0.2, 0) is 0 Å². The second-order valence-corrected chi connectivity index (χ2v) is 5.91. The molecule has 2 nitrogen and oxygen atoms in total. The van der Waals surface area contributed by atoms with Crippen molar-refractivity contribution in [1.29, 1.82) is 0 Å². The van der Waals surface area contributed by atoms with Crippen molar-refractivity contribution < 1.29 is 0 Å². The Kier molecular flexibility index (Phi) is 4.31. The first-order chi connectivity index (χ1) is 8.20. The summed E-state index contributed by atoms with van der Waals surface area (Å²) in [6.07, 6.45) is 1.85. The van der Waals surface area contributed by atoms with E-state index in [2.05, 4.69) is 57.6 Å². The van der Waals surface area contributed by atoms with Crippen LogP contribution in [0.25, 0.3) is 0 Å². The smallest absolute Gasteiger partial charge is 0.0759 e. The molecule has 0 amide bonds. The number of aryl methyl sites for hydroxylation is 1. The Labute approximate surface area is 114 Å². The van der Waals surface area contributed by atoms with Crippen LogP contribution >= 0.6 is 27.3 Å². The van der Waals surface area contributed by atoms with Gasteiger partial charge in [-0.25, -0.2) is 0 Å². The lowest BCUT2D eigenvalue weighted by Gasteiger charge is -2.16. The van der Waals surface area contributed by atoms with Crippen LogP contribution in [0.5, 0.6) is 0 Å². The molecular weight excluding hydrogens is 296 g/mol. The molecule has 1 atom stereocenters. The first kappa shape index (κ1) is 12.7. The Morgan fingerprint density at radius 2 is 2.29 bits per heavy atom. The van der Waals surface area contributed by atoms with Crippen LogP contribution in [-0.4, -0.2) is 11.5 Å². The summed E-state index contributed by atoms with van der Waals surface area (Å²) < 4.78 is 1.01. The van der Waals surface area contributed by atoms with Crippen molar-refractivity contribution in [3.8, 4) is 0 Å². The van der Waals surface area contributed by atoms with E-state index in [0.717, 1.165) is 16.7 Å². The summed E-state index contributed by atoms with van der Waals surface area (Å²) in [5.41, 5.74) is 2.36. The maximum atomic E-state index is 4.48. The molecular formula is C13H15BrN2S. The average Bonchev–Trinajstić information content (AvgIpc) is 2.74. The molecule has 4 heteroatoms. The van der Waals surface area contributed by atoms with Gasteiger partial charge >= 0.3 is 0 Å². The van der Waals surface area contributed by atoms with E-state index in [-0.39, 0.29) is 6.04 Å². The predicted molar refractivity (Wildman–Crippen MR) is 76.5 cm³/mol. The Hall–Kier alpha value is -0.710. The molecule has 2 heterocycles. The van der Waals surface area contributed by atoms with Gasteiger partial charge < -0.3 is 5.32 Å². The van der Waals surface area contributed by atoms with Crippen LogP contribution in [0.2, 0.25) is 0 Å². The van der Waals surface area contributed by atoms with Gasteiger partial charge in [0.25, 0.3) is 0 Å². The Bertz CT molecular complexity index is 478. The van der Waals surface area contributed by atoms with E-state index in [4.69, 9.17) is 0 Å². The Morgan fingerprint density at radius 1 is 1.47 bits per heavy atom. The molecule has 0 aliphatic rings. The lowest BCUT2D eigenvalue weighted by Crippen LogP contribution is -2.22. The van der Waals surface area contributed by atoms with E-state index >= 15 is 0 Å². The first-order valence-corrected chi connectivity index (χ1v) is 7.28. The van der Waals surface area contributed by atoms with Crippen LogP contribution in [0.3, 0.4) is 0 Å². The van der Waals surface area contributed by atoms with E-state index in [9.17, 15) is 0 Å². The van der Waals surface area contributed by atoms with E-state index in [1.807, 2.05) is 12.3 Å². The summed E-state index contributed by atoms with van der Waals surface area (Å²) in [5, 5.41) is 5.68. The molecule has 0 saturated carbocycles. The number of thiophene rings is 1. The normalized spacial score (nSPS) is 12.6. The number of hydrogen-bond donors (Lipinski definition) is 1. The second-order valence-electron chi connectivity index (χ2n) is 3.88. The molecule has 90 valence electrons. The number of aromatic nitrogens is 1. The third-order valence-corrected chi connectivity index (χ3v) is 3.89. The van der Waals surface area contributed by atoms with Crippen molar-refractivity contribution in [2.75, 3.05) is 6.54 Å². The summed E-state index contributed by atoms with van der Waals surface area (Å²) in [6, 6.07) is 6.51. The summed E-state index contributed by atoms with van der Waals surface area (Å²) >= 11 is 5.19. The number of halogens is 1. The van der Waals surface area contributed by atoms with Gasteiger partial charge in [-0.05, 0) is 58.5 Å². The average molecular weight is 311 g/mol. The molecule has 0 spiro atoms. The third kappa shape index (κ3) is 3.15. The van der Waals surface area contributed by atoms with Gasteiger partial charge in [-0.15, -0.1) is 11.3 Å². The molecule has 1 N–H and O–H groups in total. The van der Waals surface area contributed by atoms with Crippen molar-refractivity contribution in [3.63, 3.8) is 0 Å². The van der Waals surface area contributed by atoms with Gasteiger partial charge in [-0.3, -0.25) is 4.98 Å². The monoisotopic (exact) mass is 310 g/mol. The van der Waals surface area contributed by atoms with E-state index in [1.54, 1.807) is 11.3 Å². The van der Waals surface area contributed by atoms with E-state index in [1.165, 1.54) is 10.4 Å². The molecule has 0 fully saturated rings. The van der Waals surface area contributed by atoms with Crippen LogP contribution < -0.4 is 5.32 Å². The van der Waals surface area contributed by atoms with Gasteiger partial charge in [-0.2, -0.15) is 0 Å². The minimum absolute atomic E-state index is 0.193. The standard InChI is InChI=1S/C13H15BrN2S/c1-3-15-13(10-6-9(2)17-8-10)12-5-4-11(14)7-16-12/h4-8,13,15H,3H2,1-2H3. The summed E-state index contributed by atoms with van der Waals surface area (Å²) in [6.45, 7) is 5.18. The zero-order chi connectivity index (χ0) is 12.3. The maximum absolute atomic E-state index is 4.48. The molecule has 0 saturated heterocycles. The highest BCUT2D eigenvalue weighted by Gasteiger charge is 2.15. The third-order valence-electron chi connectivity index (χ3n) is 2.54. The van der Waals surface area contributed by atoms with Crippen LogP contribution in [0.4, 0.5) is 0 Å². The Balaban J connectivity index is 2.31. The number of nitrogens with zero attached hydrogens (tertiary/aromatic N) is 1. The molecule has 0 aliphatic carbocycles. The molecule has 2 aromatic heterocycles. The zero-order valence-corrected chi connectivity index (χ0v) is 12.3. The highest BCUT2D eigenvalue weighted by Crippen LogP contribution is 2.25. The van der Waals surface area contributed by atoms with Gasteiger partial charge in [0.1, 0.15) is 0 Å². The van der Waals surface area contributed by atoms with E-state index < -0.39 is 0 Å². The van der Waals surface area contributed by atoms with Crippen molar-refractivity contribution in [2.24, 2.45) is 0 Å². The lowest BCUT2D eigenvalue weighted by atomic mass is 10.1. The molecule has 1 unspecified atom stereocenters. The van der Waals surface area contributed by atoms with Crippen LogP contribution in [0.1, 0.15) is 29.1 Å². The minimum Gasteiger partial charge on any atom is -0.305 e. The Morgan fingerprint density at radius 3 is 2.82 bits per heavy atom. The van der Waals surface area contributed by atoms with Gasteiger partial charge in [0.2, 0.25) is 0 Å². The predicted octanol–water partition coefficient (Wildman–Crippen LogP) is 3.91. The molecule has 2 rings (SSSR count). The van der Waals surface area contributed by atoms with Crippen molar-refractivity contribution in [1.82, 2.24) is 10.3 Å². The van der Waals surface area contributed by atoms with Gasteiger partial charge in [0.05, 0.1) is 11.7 Å². The number of rotatable bonds is 4. The lowest BCUT2D eigenvalue weighted by molar-refractivity contribution is 0.617. The fourth-order valence-electron chi connectivity index (χ4n) is 1.77. The molecule has 0 aliphatic heterocycles. The summed E-state index contributed by atoms with van der Waals surface area (Å²) in [4.78, 5) is 5.81. The molecule has 2 aromatic rings. The van der Waals surface area contributed by atoms with Crippen LogP contribution in [0.15, 0.2) is 34.2 Å². The summed E-state index contributed by atoms with van der Waals surface area (Å²) in [5.74, 6) is 0. The number of pyridine rings is 1. The molecule has 0 aromatic carbocycles. The van der Waals surface area contributed by atoms with Crippen molar-refractivity contribution in [3.05, 3.63) is 50.4 Å². The quantitative estimate of drug-likeness (QED) is 0.926. The minimum atomic E-state index is 0.193. The zero-order valence-electron chi connectivity index (χ0n) is 9.90. The topological polar surface area (TPSA) is 24.9 Å². The first-order valence-electron chi connectivity index (χ1n) is 5.60. The molecule has 0 bridgehead atoms. The van der Waals surface area contributed by atoms with Crippen molar-refractivity contribution in [2.45, 2.75) is 19.9 Å². The maximum Gasteiger partial charge on any atom is 0.0759 e. The second kappa shape index (κ2) is 5.76. The largest absolute Gasteiger partial charge is 0.305 e. The van der Waals surface area contributed by atoms with Gasteiger partial charge in [0, 0.05) is 15.5 Å². The fraction of sp³-hybridized carbons (Fsp3) is 0.308. The number of nitrogens with one attached hydrogen (secondary N) is 1. The molecule has 0 radical (unpaired) electrons.